The summed E-state index contributed by atoms with van der Waals surface area (Å²) in [4.78, 5) is 45.5. The van der Waals surface area contributed by atoms with E-state index in [4.69, 9.17) is 9.72 Å². The van der Waals surface area contributed by atoms with Crippen LogP contribution >= 0.6 is 0 Å². The van der Waals surface area contributed by atoms with Crippen LogP contribution < -0.4 is 15.1 Å². The van der Waals surface area contributed by atoms with Crippen LogP contribution in [0.1, 0.15) is 55.3 Å². The topological polar surface area (TPSA) is 215 Å². The van der Waals surface area contributed by atoms with Crippen LogP contribution in [0.3, 0.4) is 0 Å². The molecule has 2 aliphatic heterocycles. The van der Waals surface area contributed by atoms with E-state index in [2.05, 4.69) is 35.3 Å². The van der Waals surface area contributed by atoms with E-state index in [9.17, 15) is 30.0 Å². The summed E-state index contributed by atoms with van der Waals surface area (Å²) in [6.07, 6.45) is 1.10. The van der Waals surface area contributed by atoms with E-state index in [1.807, 2.05) is 61.2 Å². The molecule has 0 radical (unpaired) electrons. The molecular formula is C41H48N10O7. The highest BCUT2D eigenvalue weighted by Crippen LogP contribution is 2.39. The number of aromatic hydroxyl groups is 3. The van der Waals surface area contributed by atoms with Crippen LogP contribution in [0.2, 0.25) is 0 Å². The third-order valence-electron chi connectivity index (χ3n) is 10.8. The number of hydrogen-bond donors (Lipinski definition) is 5. The lowest BCUT2D eigenvalue weighted by molar-refractivity contribution is -0.169. The minimum atomic E-state index is -1.37. The van der Waals surface area contributed by atoms with Crippen molar-refractivity contribution in [2.24, 2.45) is 5.92 Å². The number of carbonyl (C=O) groups excluding carboxylic acids is 1. The van der Waals surface area contributed by atoms with Crippen molar-refractivity contribution in [3.05, 3.63) is 89.7 Å². The maximum atomic E-state index is 13.2. The van der Waals surface area contributed by atoms with Gasteiger partial charge in [0.05, 0.1) is 23.2 Å². The molecule has 17 nitrogen and oxygen atoms in total. The number of benzene rings is 3. The van der Waals surface area contributed by atoms with E-state index in [0.29, 0.717) is 74.3 Å². The van der Waals surface area contributed by atoms with Gasteiger partial charge in [0, 0.05) is 51.9 Å². The first-order chi connectivity index (χ1) is 28.0. The quantitative estimate of drug-likeness (QED) is 0.107. The second kappa shape index (κ2) is 17.4. The van der Waals surface area contributed by atoms with Gasteiger partial charge in [0.25, 0.3) is 0 Å². The van der Waals surface area contributed by atoms with Gasteiger partial charge >= 0.3 is 17.9 Å². The average molecular weight is 793 g/mol. The molecule has 5 aromatic rings. The lowest BCUT2D eigenvalue weighted by Crippen LogP contribution is -2.46. The molecule has 0 saturated carbocycles. The molecule has 58 heavy (non-hydrogen) atoms. The molecule has 2 aromatic heterocycles. The molecule has 2 saturated heterocycles. The molecule has 7 rings (SSSR count). The highest BCUT2D eigenvalue weighted by atomic mass is 16.6. The molecule has 3 aromatic carbocycles. The summed E-state index contributed by atoms with van der Waals surface area (Å²) in [5.41, 5.74) is 3.40. The number of nitrogens with one attached hydrogen (secondary N) is 1. The zero-order chi connectivity index (χ0) is 40.9. The van der Waals surface area contributed by atoms with Gasteiger partial charge in [0.15, 0.2) is 5.82 Å². The summed E-state index contributed by atoms with van der Waals surface area (Å²) < 4.78 is 7.06. The molecule has 5 N–H and O–H groups in total. The van der Waals surface area contributed by atoms with E-state index in [0.717, 1.165) is 24.2 Å². The predicted molar refractivity (Wildman–Crippen MR) is 214 cm³/mol. The van der Waals surface area contributed by atoms with Gasteiger partial charge in [-0.3, -0.25) is 9.69 Å². The number of aromatic nitrogens is 6. The Kier molecular flexibility index (Phi) is 12.0. The first-order valence-electron chi connectivity index (χ1n) is 19.4. The van der Waals surface area contributed by atoms with Crippen molar-refractivity contribution in [3.63, 3.8) is 0 Å². The first-order valence-corrected chi connectivity index (χ1v) is 19.4. The molecule has 0 amide bonds. The van der Waals surface area contributed by atoms with Crippen molar-refractivity contribution in [2.45, 2.75) is 51.3 Å². The van der Waals surface area contributed by atoms with Gasteiger partial charge in [-0.2, -0.15) is 4.98 Å². The fraction of sp³-hybridized carbons (Fsp3) is 0.390. The molecule has 2 fully saturated rings. The number of phenols is 2. The number of aliphatic carboxylic acids is 1. The van der Waals surface area contributed by atoms with Crippen LogP contribution in [-0.2, 0) is 20.9 Å². The molecule has 0 bridgehead atoms. The van der Waals surface area contributed by atoms with E-state index in [1.54, 1.807) is 25.2 Å². The Bertz CT molecular complexity index is 2200. The Morgan fingerprint density at radius 2 is 1.50 bits per heavy atom. The molecule has 17 heteroatoms. The number of hydrogen-bond acceptors (Lipinski definition) is 15. The van der Waals surface area contributed by atoms with Gasteiger partial charge < -0.3 is 40.3 Å². The molecule has 2 unspecified atom stereocenters. The van der Waals surface area contributed by atoms with Crippen molar-refractivity contribution < 1.29 is 34.8 Å². The van der Waals surface area contributed by atoms with Crippen LogP contribution in [0.4, 0.5) is 11.9 Å². The van der Waals surface area contributed by atoms with Crippen molar-refractivity contribution in [1.29, 1.82) is 0 Å². The second-order valence-corrected chi connectivity index (χ2v) is 14.9. The number of likely N-dealkylation sites (N-methyl/N-ethyl adjacent to an activating group) is 1. The highest BCUT2D eigenvalue weighted by Gasteiger charge is 2.36. The third kappa shape index (κ3) is 8.64. The minimum Gasteiger partial charge on any atom is -0.508 e. The monoisotopic (exact) mass is 792 g/mol. The van der Waals surface area contributed by atoms with Crippen molar-refractivity contribution in [2.75, 3.05) is 56.1 Å². The summed E-state index contributed by atoms with van der Waals surface area (Å²) in [5, 5.41) is 52.5. The van der Waals surface area contributed by atoms with Crippen LogP contribution in [0, 0.1) is 5.92 Å². The zero-order valence-corrected chi connectivity index (χ0v) is 32.6. The van der Waals surface area contributed by atoms with Crippen molar-refractivity contribution in [1.82, 2.24) is 39.9 Å². The highest BCUT2D eigenvalue weighted by molar-refractivity contribution is 5.80. The largest absolute Gasteiger partial charge is 0.508 e. The fourth-order valence-electron chi connectivity index (χ4n) is 7.57. The Labute approximate surface area is 335 Å². The number of rotatable bonds is 13. The number of nitrogens with zero attached hydrogens (tertiary/aromatic N) is 9. The van der Waals surface area contributed by atoms with Crippen LogP contribution in [0.5, 0.6) is 17.5 Å². The van der Waals surface area contributed by atoms with Gasteiger partial charge in [-0.1, -0.05) is 61.4 Å². The number of ether oxygens (including phenoxy) is 1. The van der Waals surface area contributed by atoms with Gasteiger partial charge in [-0.15, -0.1) is 5.10 Å². The van der Waals surface area contributed by atoms with Gasteiger partial charge in [0.2, 0.25) is 18.0 Å². The van der Waals surface area contributed by atoms with E-state index < -0.39 is 30.0 Å². The number of phenolic OH excluding ortho intramolecular Hbond substituents is 2. The number of carboxylic acids is 1. The van der Waals surface area contributed by atoms with E-state index in [-0.39, 0.29) is 29.3 Å². The fourth-order valence-corrected chi connectivity index (χ4v) is 7.57. The molecule has 304 valence electrons. The second-order valence-electron chi connectivity index (χ2n) is 14.9. The molecule has 2 atom stereocenters. The molecule has 4 heterocycles. The van der Waals surface area contributed by atoms with E-state index >= 15 is 0 Å². The van der Waals surface area contributed by atoms with Crippen molar-refractivity contribution >= 4 is 23.8 Å². The predicted octanol–water partition coefficient (Wildman–Crippen LogP) is 3.86. The van der Waals surface area contributed by atoms with Gasteiger partial charge in [-0.25, -0.2) is 19.3 Å². The molecule has 2 aliphatic rings. The standard InChI is InChI=1S/C41H48N10O7/c1-25(2)30-21-31(33(53)22-32(30)52)36-46-47-41(57)51(36)29-11-9-26(10-12-29)23-48-17-19-50(20-18-48)40-44-24-43-39(45-40)49-15-13-28(14-16-49)38(56)58-35(37(54)55)34(42-3)27-7-5-4-6-8-27/h4-12,21-22,24-25,28,34-35,42,52-53H,13-20,23H2,1-3H3,(H,47,57)(H,54,55). The minimum absolute atomic E-state index is 0.00334. The Balaban J connectivity index is 0.920. The Hall–Kier alpha value is -6.33. The van der Waals surface area contributed by atoms with Crippen LogP contribution in [0.15, 0.2) is 73.1 Å². The lowest BCUT2D eigenvalue weighted by atomic mass is 9.96. The third-order valence-corrected chi connectivity index (χ3v) is 10.8. The normalized spacial score (nSPS) is 16.3. The number of piperazine rings is 1. The SMILES string of the molecule is CNC(c1ccccc1)C(OC(=O)C1CCN(c2ncnc(N3CCN(Cc4ccc(-n5c(O)nnc5-c5cc(C(C)C)c(O)cc5O)cc4)CC3)n2)CC1)C(=O)O. The van der Waals surface area contributed by atoms with Crippen LogP contribution in [-0.4, -0.2) is 119 Å². The Morgan fingerprint density at radius 1 is 0.845 bits per heavy atom. The summed E-state index contributed by atoms with van der Waals surface area (Å²) in [6, 6.07) is 18.7. The smallest absolute Gasteiger partial charge is 0.347 e. The molecule has 0 aliphatic carbocycles. The summed E-state index contributed by atoms with van der Waals surface area (Å²) >= 11 is 0. The van der Waals surface area contributed by atoms with Crippen molar-refractivity contribution in [3.8, 4) is 34.6 Å². The molecular weight excluding hydrogens is 745 g/mol. The number of carbonyl (C=O) groups is 2. The number of esters is 1. The summed E-state index contributed by atoms with van der Waals surface area (Å²) in [5.74, 6) is -0.992. The number of carboxylic acid groups (broad SMARTS) is 1. The maximum Gasteiger partial charge on any atom is 0.347 e. The average Bonchev–Trinajstić information content (AvgIpc) is 3.62. The summed E-state index contributed by atoms with van der Waals surface area (Å²) in [7, 11) is 1.65. The van der Waals surface area contributed by atoms with E-state index in [1.165, 1.54) is 17.0 Å². The Morgan fingerprint density at radius 3 is 2.12 bits per heavy atom. The maximum absolute atomic E-state index is 13.2. The first kappa shape index (κ1) is 39.9. The number of anilines is 2. The molecule has 0 spiro atoms. The number of piperidine rings is 1. The van der Waals surface area contributed by atoms with Gasteiger partial charge in [-0.05, 0) is 60.7 Å². The van der Waals surface area contributed by atoms with Crippen LogP contribution in [0.25, 0.3) is 17.1 Å². The lowest BCUT2D eigenvalue weighted by Gasteiger charge is -2.35. The zero-order valence-electron chi connectivity index (χ0n) is 32.6. The van der Waals surface area contributed by atoms with Gasteiger partial charge in [0.1, 0.15) is 17.8 Å². The summed E-state index contributed by atoms with van der Waals surface area (Å²) in [6.45, 7) is 8.58.